The average molecular weight is 379 g/mol. The van der Waals surface area contributed by atoms with Crippen LogP contribution in [-0.4, -0.2) is 55.9 Å². The molecule has 1 aliphatic heterocycles. The standard InChI is InChI=1S/C24H46N2O/c1-5-7-9-12-24(13-10-8-6-2)15-14-23(20-22(24)27)16-19-26(21-23)18-11-17-25(3)4/h5-21H2,1-4H3. The van der Waals surface area contributed by atoms with Gasteiger partial charge in [0.15, 0.2) is 0 Å². The topological polar surface area (TPSA) is 23.6 Å². The van der Waals surface area contributed by atoms with Crippen molar-refractivity contribution in [2.24, 2.45) is 10.8 Å². The van der Waals surface area contributed by atoms with Gasteiger partial charge >= 0.3 is 0 Å². The summed E-state index contributed by atoms with van der Waals surface area (Å²) in [6.45, 7) is 9.29. The molecule has 0 aromatic rings. The maximum absolute atomic E-state index is 13.5. The molecule has 3 nitrogen and oxygen atoms in total. The summed E-state index contributed by atoms with van der Waals surface area (Å²) in [6, 6.07) is 0. The van der Waals surface area contributed by atoms with Crippen LogP contribution < -0.4 is 0 Å². The van der Waals surface area contributed by atoms with Gasteiger partial charge in [-0.2, -0.15) is 0 Å². The Kier molecular flexibility index (Phi) is 9.28. The number of unbranched alkanes of at least 4 members (excludes halogenated alkanes) is 4. The van der Waals surface area contributed by atoms with Gasteiger partial charge in [-0.25, -0.2) is 0 Å². The minimum absolute atomic E-state index is 0.0356. The van der Waals surface area contributed by atoms with Crippen molar-refractivity contribution in [3.05, 3.63) is 0 Å². The smallest absolute Gasteiger partial charge is 0.139 e. The van der Waals surface area contributed by atoms with Crippen molar-refractivity contribution in [1.82, 2.24) is 9.80 Å². The molecule has 1 saturated carbocycles. The lowest BCUT2D eigenvalue weighted by Gasteiger charge is -2.44. The molecule has 1 unspecified atom stereocenters. The largest absolute Gasteiger partial charge is 0.309 e. The number of carbonyl (C=O) groups excluding carboxylic acids is 1. The van der Waals surface area contributed by atoms with E-state index in [-0.39, 0.29) is 5.41 Å². The first kappa shape index (κ1) is 22.9. The van der Waals surface area contributed by atoms with Crippen LogP contribution in [-0.2, 0) is 4.79 Å². The number of hydrogen-bond donors (Lipinski definition) is 0. The fraction of sp³-hybridized carbons (Fsp3) is 0.958. The summed E-state index contributed by atoms with van der Waals surface area (Å²) in [6.07, 6.45) is 15.7. The molecule has 0 bridgehead atoms. The van der Waals surface area contributed by atoms with Gasteiger partial charge in [0.2, 0.25) is 0 Å². The van der Waals surface area contributed by atoms with Gasteiger partial charge < -0.3 is 9.80 Å². The molecule has 0 amide bonds. The zero-order chi connectivity index (χ0) is 19.8. The second-order valence-electron chi connectivity index (χ2n) is 9.98. The molecule has 1 heterocycles. The van der Waals surface area contributed by atoms with Crippen LogP contribution in [0.1, 0.15) is 97.3 Å². The van der Waals surface area contributed by atoms with Crippen LogP contribution in [0.3, 0.4) is 0 Å². The molecule has 1 atom stereocenters. The SMILES string of the molecule is CCCCCC1(CCCCC)CCC2(CCN(CCCN(C)C)C2)CC1=O. The molecule has 158 valence electrons. The van der Waals surface area contributed by atoms with Crippen molar-refractivity contribution in [3.8, 4) is 0 Å². The second kappa shape index (κ2) is 11.0. The van der Waals surface area contributed by atoms with Crippen LogP contribution in [0.4, 0.5) is 0 Å². The predicted molar refractivity (Wildman–Crippen MR) is 116 cm³/mol. The van der Waals surface area contributed by atoms with Gasteiger partial charge in [-0.15, -0.1) is 0 Å². The predicted octanol–water partition coefficient (Wildman–Crippen LogP) is 5.53. The fourth-order valence-corrected chi connectivity index (χ4v) is 5.52. The summed E-state index contributed by atoms with van der Waals surface area (Å²) in [4.78, 5) is 18.4. The van der Waals surface area contributed by atoms with Gasteiger partial charge in [-0.3, -0.25) is 4.79 Å². The number of rotatable bonds is 12. The molecule has 27 heavy (non-hydrogen) atoms. The Morgan fingerprint density at radius 2 is 1.59 bits per heavy atom. The van der Waals surface area contributed by atoms with Crippen molar-refractivity contribution >= 4 is 5.78 Å². The van der Waals surface area contributed by atoms with Crippen molar-refractivity contribution in [2.75, 3.05) is 40.3 Å². The molecule has 0 aromatic heterocycles. The molecule has 1 aliphatic carbocycles. The van der Waals surface area contributed by atoms with Crippen LogP contribution in [0.5, 0.6) is 0 Å². The van der Waals surface area contributed by atoms with Crippen molar-refractivity contribution in [3.63, 3.8) is 0 Å². The monoisotopic (exact) mass is 378 g/mol. The summed E-state index contributed by atoms with van der Waals surface area (Å²) < 4.78 is 0. The van der Waals surface area contributed by atoms with E-state index < -0.39 is 0 Å². The van der Waals surface area contributed by atoms with Crippen LogP contribution in [0.15, 0.2) is 0 Å². The third-order valence-electron chi connectivity index (χ3n) is 7.38. The summed E-state index contributed by atoms with van der Waals surface area (Å²) in [7, 11) is 4.31. The van der Waals surface area contributed by atoms with Crippen molar-refractivity contribution in [2.45, 2.75) is 97.3 Å². The maximum atomic E-state index is 13.5. The third kappa shape index (κ3) is 6.56. The molecule has 0 aromatic carbocycles. The first-order valence-corrected chi connectivity index (χ1v) is 11.9. The molecule has 2 fully saturated rings. The number of Topliss-reactive ketones (excluding diaryl/α,β-unsaturated/α-hetero) is 1. The number of ketones is 1. The van der Waals surface area contributed by atoms with Gasteiger partial charge in [-0.1, -0.05) is 52.4 Å². The first-order chi connectivity index (χ1) is 13.0. The highest BCUT2D eigenvalue weighted by Crippen LogP contribution is 2.52. The summed E-state index contributed by atoms with van der Waals surface area (Å²) in [5, 5.41) is 0. The Morgan fingerprint density at radius 3 is 2.15 bits per heavy atom. The lowest BCUT2D eigenvalue weighted by Crippen LogP contribution is -2.43. The van der Waals surface area contributed by atoms with E-state index in [2.05, 4.69) is 37.7 Å². The highest BCUT2D eigenvalue weighted by molar-refractivity contribution is 5.86. The maximum Gasteiger partial charge on any atom is 0.139 e. The Hall–Kier alpha value is -0.410. The lowest BCUT2D eigenvalue weighted by atomic mass is 9.59. The number of likely N-dealkylation sites (tertiary alicyclic amines) is 1. The van der Waals surface area contributed by atoms with E-state index in [0.29, 0.717) is 11.2 Å². The van der Waals surface area contributed by atoms with Gasteiger partial charge in [0.1, 0.15) is 5.78 Å². The molecule has 1 saturated heterocycles. The number of carbonyl (C=O) groups is 1. The molecular formula is C24H46N2O. The van der Waals surface area contributed by atoms with Gasteiger partial charge in [0.25, 0.3) is 0 Å². The lowest BCUT2D eigenvalue weighted by molar-refractivity contribution is -0.137. The van der Waals surface area contributed by atoms with E-state index in [0.717, 1.165) is 19.3 Å². The Balaban J connectivity index is 1.91. The molecule has 0 radical (unpaired) electrons. The van der Waals surface area contributed by atoms with E-state index >= 15 is 0 Å². The Bertz CT molecular complexity index is 438. The van der Waals surface area contributed by atoms with Crippen molar-refractivity contribution < 1.29 is 4.79 Å². The Morgan fingerprint density at radius 1 is 0.926 bits per heavy atom. The molecule has 1 spiro atoms. The van der Waals surface area contributed by atoms with Crippen LogP contribution in [0.2, 0.25) is 0 Å². The van der Waals surface area contributed by atoms with E-state index in [1.54, 1.807) is 0 Å². The zero-order valence-corrected chi connectivity index (χ0v) is 18.8. The van der Waals surface area contributed by atoms with E-state index in [1.165, 1.54) is 90.4 Å². The minimum atomic E-state index is 0.0356. The van der Waals surface area contributed by atoms with Crippen molar-refractivity contribution in [1.29, 1.82) is 0 Å². The molecule has 3 heteroatoms. The van der Waals surface area contributed by atoms with Gasteiger partial charge in [-0.05, 0) is 77.7 Å². The van der Waals surface area contributed by atoms with E-state index in [4.69, 9.17) is 0 Å². The molecule has 2 aliphatic rings. The minimum Gasteiger partial charge on any atom is -0.309 e. The number of nitrogens with zero attached hydrogens (tertiary/aromatic N) is 2. The van der Waals surface area contributed by atoms with E-state index in [1.807, 2.05) is 0 Å². The molecule has 2 rings (SSSR count). The van der Waals surface area contributed by atoms with Gasteiger partial charge in [0.05, 0.1) is 0 Å². The quantitative estimate of drug-likeness (QED) is 0.417. The van der Waals surface area contributed by atoms with E-state index in [9.17, 15) is 4.79 Å². The fourth-order valence-electron chi connectivity index (χ4n) is 5.52. The molecule has 0 N–H and O–H groups in total. The molecular weight excluding hydrogens is 332 g/mol. The summed E-state index contributed by atoms with van der Waals surface area (Å²) >= 11 is 0. The van der Waals surface area contributed by atoms with Gasteiger partial charge in [0, 0.05) is 18.4 Å². The summed E-state index contributed by atoms with van der Waals surface area (Å²) in [5.41, 5.74) is 0.349. The third-order valence-corrected chi connectivity index (χ3v) is 7.38. The highest BCUT2D eigenvalue weighted by atomic mass is 16.1. The second-order valence-corrected chi connectivity index (χ2v) is 9.98. The van der Waals surface area contributed by atoms with Crippen LogP contribution in [0.25, 0.3) is 0 Å². The zero-order valence-electron chi connectivity index (χ0n) is 18.8. The highest BCUT2D eigenvalue weighted by Gasteiger charge is 2.50. The first-order valence-electron chi connectivity index (χ1n) is 11.9. The average Bonchev–Trinajstić information content (AvgIpc) is 3.01. The normalized spacial score (nSPS) is 25.7. The summed E-state index contributed by atoms with van der Waals surface area (Å²) in [5.74, 6) is 0.635. The number of hydrogen-bond acceptors (Lipinski definition) is 3. The van der Waals surface area contributed by atoms with Crippen LogP contribution >= 0.6 is 0 Å². The Labute approximate surface area is 169 Å². The van der Waals surface area contributed by atoms with Crippen LogP contribution in [0, 0.1) is 10.8 Å².